The first-order valence-electron chi connectivity index (χ1n) is 3.25. The van der Waals surface area contributed by atoms with Crippen molar-refractivity contribution in [3.05, 3.63) is 31.8 Å². The lowest BCUT2D eigenvalue weighted by molar-refractivity contribution is 0.148. The molecule has 2 nitrogen and oxygen atoms in total. The lowest BCUT2D eigenvalue weighted by atomic mass is 10.2. The van der Waals surface area contributed by atoms with Gasteiger partial charge in [0.05, 0.1) is 3.70 Å². The van der Waals surface area contributed by atoms with Gasteiger partial charge in [-0.2, -0.15) is 0 Å². The number of rotatable bonds is 2. The first kappa shape index (κ1) is 9.63. The summed E-state index contributed by atoms with van der Waals surface area (Å²) in [6.45, 7) is 0. The van der Waals surface area contributed by atoms with Gasteiger partial charge in [-0.05, 0) is 28.7 Å². The van der Waals surface area contributed by atoms with Crippen molar-refractivity contribution in [3.8, 4) is 0 Å². The van der Waals surface area contributed by atoms with Crippen LogP contribution in [0, 0.1) is 3.70 Å². The Morgan fingerprint density at radius 1 is 1.50 bits per heavy atom. The largest absolute Gasteiger partial charge is 0.317 e. The van der Waals surface area contributed by atoms with Crippen LogP contribution in [0.5, 0.6) is 0 Å². The Labute approximate surface area is 81.1 Å². The van der Waals surface area contributed by atoms with Gasteiger partial charge in [0, 0.05) is 12.0 Å². The third kappa shape index (κ3) is 2.54. The van der Waals surface area contributed by atoms with Gasteiger partial charge in [0.25, 0.3) is 5.56 Å². The molecule has 0 aliphatic carbocycles. The van der Waals surface area contributed by atoms with Crippen molar-refractivity contribution >= 4 is 22.6 Å². The van der Waals surface area contributed by atoms with Crippen LogP contribution in [0.1, 0.15) is 5.56 Å². The summed E-state index contributed by atoms with van der Waals surface area (Å²) in [4.78, 5) is 13.4. The lowest BCUT2D eigenvalue weighted by Gasteiger charge is -1.98. The smallest absolute Gasteiger partial charge is 0.252 e. The Hall–Kier alpha value is -0.460. The van der Waals surface area contributed by atoms with Gasteiger partial charge in [0.1, 0.15) is 0 Å². The maximum atomic E-state index is 11.8. The summed E-state index contributed by atoms with van der Waals surface area (Å²) in [5, 5.41) is 0. The fraction of sp³-hybridized carbons (Fsp3) is 0.286. The number of halogens is 3. The van der Waals surface area contributed by atoms with Crippen LogP contribution < -0.4 is 5.56 Å². The maximum Gasteiger partial charge on any atom is 0.252 e. The molecule has 0 aliphatic rings. The van der Waals surface area contributed by atoms with E-state index in [0.29, 0.717) is 3.70 Å². The summed E-state index contributed by atoms with van der Waals surface area (Å²) in [6.07, 6.45) is -2.95. The SMILES string of the molecule is O=c1[nH]c(I)ccc1CC(F)F. The molecule has 0 fully saturated rings. The topological polar surface area (TPSA) is 32.9 Å². The number of aromatic amines is 1. The average molecular weight is 285 g/mol. The first-order chi connectivity index (χ1) is 5.59. The van der Waals surface area contributed by atoms with E-state index in [1.807, 2.05) is 22.6 Å². The molecule has 1 aromatic rings. The average Bonchev–Trinajstić information content (AvgIpc) is 1.94. The van der Waals surface area contributed by atoms with E-state index in [1.165, 1.54) is 6.07 Å². The molecule has 5 heteroatoms. The van der Waals surface area contributed by atoms with Crippen LogP contribution in [0.3, 0.4) is 0 Å². The minimum absolute atomic E-state index is 0.130. The minimum atomic E-state index is -2.47. The standard InChI is InChI=1S/C7H6F2INO/c8-5(9)3-4-1-2-6(10)11-7(4)12/h1-2,5H,3H2,(H,11,12). The molecule has 0 amide bonds. The van der Waals surface area contributed by atoms with Crippen molar-refractivity contribution in [2.45, 2.75) is 12.8 Å². The molecular weight excluding hydrogens is 279 g/mol. The van der Waals surface area contributed by atoms with Gasteiger partial charge >= 0.3 is 0 Å². The van der Waals surface area contributed by atoms with Gasteiger partial charge in [-0.3, -0.25) is 4.79 Å². The van der Waals surface area contributed by atoms with Gasteiger partial charge in [0.2, 0.25) is 6.43 Å². The van der Waals surface area contributed by atoms with Gasteiger partial charge in [-0.25, -0.2) is 8.78 Å². The summed E-state index contributed by atoms with van der Waals surface area (Å²) < 4.78 is 24.3. The molecule has 0 saturated carbocycles. The molecule has 0 aromatic carbocycles. The van der Waals surface area contributed by atoms with Gasteiger partial charge in [-0.1, -0.05) is 6.07 Å². The van der Waals surface area contributed by atoms with Gasteiger partial charge < -0.3 is 4.98 Å². The van der Waals surface area contributed by atoms with Crippen LogP contribution in [0.4, 0.5) is 8.78 Å². The molecule has 0 spiro atoms. The fourth-order valence-electron chi connectivity index (χ4n) is 0.807. The van der Waals surface area contributed by atoms with E-state index in [0.717, 1.165) is 0 Å². The van der Waals surface area contributed by atoms with Crippen LogP contribution in [-0.4, -0.2) is 11.4 Å². The second kappa shape index (κ2) is 3.97. The molecule has 0 unspecified atom stereocenters. The zero-order valence-corrected chi connectivity index (χ0v) is 8.14. The van der Waals surface area contributed by atoms with Gasteiger partial charge in [-0.15, -0.1) is 0 Å². The molecule has 0 bridgehead atoms. The zero-order valence-electron chi connectivity index (χ0n) is 5.98. The Bertz CT molecular complexity index is 323. The highest BCUT2D eigenvalue weighted by Gasteiger charge is 2.07. The Morgan fingerprint density at radius 3 is 2.67 bits per heavy atom. The van der Waals surface area contributed by atoms with E-state index < -0.39 is 18.4 Å². The second-order valence-corrected chi connectivity index (χ2v) is 3.42. The molecule has 0 saturated heterocycles. The van der Waals surface area contributed by atoms with E-state index in [2.05, 4.69) is 4.98 Å². The van der Waals surface area contributed by atoms with Gasteiger partial charge in [0.15, 0.2) is 0 Å². The number of hydrogen-bond donors (Lipinski definition) is 1. The molecule has 0 atom stereocenters. The van der Waals surface area contributed by atoms with Crippen molar-refractivity contribution in [3.63, 3.8) is 0 Å². The Kier molecular flexibility index (Phi) is 3.19. The first-order valence-corrected chi connectivity index (χ1v) is 4.33. The summed E-state index contributed by atoms with van der Waals surface area (Å²) in [5.74, 6) is 0. The zero-order chi connectivity index (χ0) is 9.14. The quantitative estimate of drug-likeness (QED) is 0.652. The molecule has 12 heavy (non-hydrogen) atoms. The molecule has 1 heterocycles. The fourth-order valence-corrected chi connectivity index (χ4v) is 1.23. The predicted molar refractivity (Wildman–Crippen MR) is 49.5 cm³/mol. The number of hydrogen-bond acceptors (Lipinski definition) is 1. The number of alkyl halides is 2. The summed E-state index contributed by atoms with van der Waals surface area (Å²) in [5.41, 5.74) is -0.299. The van der Waals surface area contributed by atoms with E-state index in [4.69, 9.17) is 0 Å². The molecule has 1 aromatic heterocycles. The highest BCUT2D eigenvalue weighted by atomic mass is 127. The normalized spacial score (nSPS) is 10.7. The number of pyridine rings is 1. The molecule has 1 rings (SSSR count). The van der Waals surface area contributed by atoms with Crippen LogP contribution in [0.15, 0.2) is 16.9 Å². The van der Waals surface area contributed by atoms with Crippen LogP contribution in [-0.2, 0) is 6.42 Å². The summed E-state index contributed by atoms with van der Waals surface area (Å²) >= 11 is 1.91. The van der Waals surface area contributed by atoms with E-state index in [9.17, 15) is 13.6 Å². The highest BCUT2D eigenvalue weighted by Crippen LogP contribution is 2.03. The van der Waals surface area contributed by atoms with Crippen LogP contribution >= 0.6 is 22.6 Å². The molecule has 0 aliphatic heterocycles. The summed E-state index contributed by atoms with van der Waals surface area (Å²) in [7, 11) is 0. The second-order valence-electron chi connectivity index (χ2n) is 2.26. The number of H-pyrrole nitrogens is 1. The molecular formula is C7H6F2INO. The Balaban J connectivity index is 2.94. The predicted octanol–water partition coefficient (Wildman–Crippen LogP) is 1.79. The van der Waals surface area contributed by atoms with Crippen LogP contribution in [0.25, 0.3) is 0 Å². The lowest BCUT2D eigenvalue weighted by Crippen LogP contribution is -2.15. The van der Waals surface area contributed by atoms with Crippen molar-refractivity contribution < 1.29 is 8.78 Å². The highest BCUT2D eigenvalue weighted by molar-refractivity contribution is 14.1. The monoisotopic (exact) mass is 285 g/mol. The van der Waals surface area contributed by atoms with E-state index >= 15 is 0 Å². The molecule has 1 N–H and O–H groups in total. The van der Waals surface area contributed by atoms with E-state index in [1.54, 1.807) is 6.07 Å². The Morgan fingerprint density at radius 2 is 2.17 bits per heavy atom. The van der Waals surface area contributed by atoms with E-state index in [-0.39, 0.29) is 5.56 Å². The molecule has 0 radical (unpaired) electrons. The van der Waals surface area contributed by atoms with Crippen molar-refractivity contribution in [1.82, 2.24) is 4.98 Å². The third-order valence-electron chi connectivity index (χ3n) is 1.33. The maximum absolute atomic E-state index is 11.8. The van der Waals surface area contributed by atoms with Crippen molar-refractivity contribution in [1.29, 1.82) is 0 Å². The summed E-state index contributed by atoms with van der Waals surface area (Å²) in [6, 6.07) is 3.02. The van der Waals surface area contributed by atoms with Crippen LogP contribution in [0.2, 0.25) is 0 Å². The number of nitrogens with one attached hydrogen (secondary N) is 1. The third-order valence-corrected chi connectivity index (χ3v) is 1.96. The van der Waals surface area contributed by atoms with Crippen molar-refractivity contribution in [2.75, 3.05) is 0 Å². The number of aromatic nitrogens is 1. The molecule has 66 valence electrons. The van der Waals surface area contributed by atoms with Crippen molar-refractivity contribution in [2.24, 2.45) is 0 Å². The minimum Gasteiger partial charge on any atom is -0.317 e.